The Hall–Kier alpha value is -0.820. The van der Waals surface area contributed by atoms with E-state index in [0.29, 0.717) is 13.1 Å². The normalized spacial score (nSPS) is 25.7. The molecule has 6 nitrogen and oxygen atoms in total. The molecule has 0 amide bonds. The lowest BCUT2D eigenvalue weighted by Crippen LogP contribution is -2.57. The Morgan fingerprint density at radius 3 is 2.46 bits per heavy atom. The van der Waals surface area contributed by atoms with Crippen LogP contribution in [-0.2, 0) is 9.84 Å². The summed E-state index contributed by atoms with van der Waals surface area (Å²) in [5.41, 5.74) is 0. The highest BCUT2D eigenvalue weighted by atomic mass is 32.2. The van der Waals surface area contributed by atoms with Crippen LogP contribution in [0.15, 0.2) is 4.99 Å². The molecule has 2 rings (SSSR count). The Kier molecular flexibility index (Phi) is 6.53. The van der Waals surface area contributed by atoms with Gasteiger partial charge in [0.05, 0.1) is 10.5 Å². The van der Waals surface area contributed by atoms with E-state index in [-0.39, 0.29) is 5.75 Å². The van der Waals surface area contributed by atoms with Gasteiger partial charge in [-0.15, -0.1) is 0 Å². The average molecular weight is 359 g/mol. The Bertz CT molecular complexity index is 537. The van der Waals surface area contributed by atoms with Gasteiger partial charge in [-0.05, 0) is 58.7 Å². The summed E-state index contributed by atoms with van der Waals surface area (Å²) in [7, 11) is -1.23. The van der Waals surface area contributed by atoms with Crippen LogP contribution in [0.3, 0.4) is 0 Å². The van der Waals surface area contributed by atoms with Gasteiger partial charge in [0, 0.05) is 26.7 Å². The second-order valence-corrected chi connectivity index (χ2v) is 10.4. The van der Waals surface area contributed by atoms with Gasteiger partial charge in [-0.3, -0.25) is 4.99 Å². The Labute approximate surface area is 147 Å². The molecule has 0 aromatic rings. The van der Waals surface area contributed by atoms with Crippen molar-refractivity contribution >= 4 is 15.8 Å². The summed E-state index contributed by atoms with van der Waals surface area (Å²) in [6, 6.07) is 0. The predicted molar refractivity (Wildman–Crippen MR) is 100 cm³/mol. The zero-order chi connectivity index (χ0) is 17.8. The number of piperidine rings is 1. The molecule has 0 aliphatic carbocycles. The molecule has 0 aromatic heterocycles. The van der Waals surface area contributed by atoms with Crippen LogP contribution >= 0.6 is 0 Å². The summed E-state index contributed by atoms with van der Waals surface area (Å²) < 4.78 is 23.6. The summed E-state index contributed by atoms with van der Waals surface area (Å²) >= 11 is 0. The summed E-state index contributed by atoms with van der Waals surface area (Å²) in [5.74, 6) is 1.83. The number of guanidine groups is 1. The molecule has 0 unspecified atom stereocenters. The lowest BCUT2D eigenvalue weighted by molar-refractivity contribution is 0.187. The lowest BCUT2D eigenvalue weighted by atomic mass is 9.93. The first-order valence-corrected chi connectivity index (χ1v) is 10.8. The van der Waals surface area contributed by atoms with Crippen LogP contribution in [0.1, 0.15) is 40.0 Å². The first-order chi connectivity index (χ1) is 11.3. The summed E-state index contributed by atoms with van der Waals surface area (Å²) in [6.07, 6.45) is 3.72. The Morgan fingerprint density at radius 1 is 1.25 bits per heavy atom. The van der Waals surface area contributed by atoms with Crippen LogP contribution in [0.5, 0.6) is 0 Å². The van der Waals surface area contributed by atoms with Gasteiger partial charge in [0.25, 0.3) is 0 Å². The van der Waals surface area contributed by atoms with Crippen molar-refractivity contribution in [2.45, 2.75) is 44.8 Å². The minimum Gasteiger partial charge on any atom is -0.356 e. The maximum atomic E-state index is 12.1. The number of sulfone groups is 1. The predicted octanol–water partition coefficient (Wildman–Crippen LogP) is 1.19. The van der Waals surface area contributed by atoms with Crippen LogP contribution in [0.25, 0.3) is 0 Å². The fraction of sp³-hybridized carbons (Fsp3) is 0.941. The van der Waals surface area contributed by atoms with Crippen LogP contribution in [-0.4, -0.2) is 81.0 Å². The third-order valence-corrected chi connectivity index (χ3v) is 8.08. The second kappa shape index (κ2) is 8.04. The van der Waals surface area contributed by atoms with Gasteiger partial charge in [-0.1, -0.05) is 6.92 Å². The van der Waals surface area contributed by atoms with E-state index >= 15 is 0 Å². The highest BCUT2D eigenvalue weighted by molar-refractivity contribution is 7.92. The van der Waals surface area contributed by atoms with E-state index in [0.717, 1.165) is 31.4 Å². The minimum atomic E-state index is -3.01. The van der Waals surface area contributed by atoms with Crippen LogP contribution < -0.4 is 5.32 Å². The zero-order valence-corrected chi connectivity index (χ0v) is 16.5. The van der Waals surface area contributed by atoms with E-state index in [2.05, 4.69) is 27.0 Å². The van der Waals surface area contributed by atoms with E-state index in [1.54, 1.807) is 7.05 Å². The van der Waals surface area contributed by atoms with E-state index < -0.39 is 14.6 Å². The fourth-order valence-corrected chi connectivity index (χ4v) is 5.00. The molecule has 0 atom stereocenters. The van der Waals surface area contributed by atoms with E-state index in [4.69, 9.17) is 0 Å². The van der Waals surface area contributed by atoms with E-state index in [9.17, 15) is 8.42 Å². The zero-order valence-electron chi connectivity index (χ0n) is 15.7. The maximum Gasteiger partial charge on any atom is 0.193 e. The van der Waals surface area contributed by atoms with E-state index in [1.807, 2.05) is 13.8 Å². The highest BCUT2D eigenvalue weighted by Crippen LogP contribution is 2.24. The van der Waals surface area contributed by atoms with Gasteiger partial charge in [0.1, 0.15) is 0 Å². The molecule has 0 radical (unpaired) electrons. The molecular weight excluding hydrogens is 324 g/mol. The molecule has 140 valence electrons. The largest absolute Gasteiger partial charge is 0.356 e. The van der Waals surface area contributed by atoms with Crippen LogP contribution in [0, 0.1) is 5.92 Å². The fourth-order valence-electron chi connectivity index (χ4n) is 3.64. The summed E-state index contributed by atoms with van der Waals surface area (Å²) in [4.78, 5) is 8.96. The monoisotopic (exact) mass is 358 g/mol. The molecule has 2 fully saturated rings. The van der Waals surface area contributed by atoms with Gasteiger partial charge < -0.3 is 15.1 Å². The highest BCUT2D eigenvalue weighted by Gasteiger charge is 2.40. The molecule has 7 heteroatoms. The molecule has 0 aromatic carbocycles. The molecule has 0 bridgehead atoms. The van der Waals surface area contributed by atoms with Crippen molar-refractivity contribution in [1.82, 2.24) is 15.1 Å². The topological polar surface area (TPSA) is 65.0 Å². The maximum absolute atomic E-state index is 12.1. The standard InChI is InChI=1S/C17H34N4O2S/c1-5-20-10-7-15(8-11-20)6-9-19-16(18-4)21-12-13-24(22,23)17(2,3)14-21/h15H,5-14H2,1-4H3,(H,18,19). The van der Waals surface area contributed by atoms with Gasteiger partial charge in [-0.2, -0.15) is 0 Å². The third kappa shape index (κ3) is 4.63. The van der Waals surface area contributed by atoms with Crippen molar-refractivity contribution in [2.75, 3.05) is 52.1 Å². The van der Waals surface area contributed by atoms with Crippen molar-refractivity contribution in [3.05, 3.63) is 0 Å². The van der Waals surface area contributed by atoms with E-state index in [1.165, 1.54) is 25.9 Å². The number of nitrogens with one attached hydrogen (secondary N) is 1. The molecule has 1 N–H and O–H groups in total. The first kappa shape index (κ1) is 19.5. The average Bonchev–Trinajstić information content (AvgIpc) is 2.55. The van der Waals surface area contributed by atoms with Crippen LogP contribution in [0.2, 0.25) is 0 Å². The van der Waals surface area contributed by atoms with Crippen molar-refractivity contribution < 1.29 is 8.42 Å². The number of rotatable bonds is 4. The first-order valence-electron chi connectivity index (χ1n) is 9.19. The molecule has 2 aliphatic heterocycles. The molecule has 2 heterocycles. The van der Waals surface area contributed by atoms with Crippen LogP contribution in [0.4, 0.5) is 0 Å². The van der Waals surface area contributed by atoms with Crippen molar-refractivity contribution in [2.24, 2.45) is 10.9 Å². The van der Waals surface area contributed by atoms with Crippen molar-refractivity contribution in [3.63, 3.8) is 0 Å². The van der Waals surface area contributed by atoms with Gasteiger partial charge in [0.2, 0.25) is 0 Å². The number of aliphatic imine (C=N–C) groups is 1. The molecule has 2 aliphatic rings. The third-order valence-electron chi connectivity index (χ3n) is 5.54. The lowest BCUT2D eigenvalue weighted by Gasteiger charge is -2.39. The minimum absolute atomic E-state index is 0.205. The second-order valence-electron chi connectivity index (χ2n) is 7.64. The SMILES string of the molecule is CCN1CCC(CCNC(=NC)N2CCS(=O)(=O)C(C)(C)C2)CC1. The van der Waals surface area contributed by atoms with Gasteiger partial charge >= 0.3 is 0 Å². The summed E-state index contributed by atoms with van der Waals surface area (Å²) in [6.45, 7) is 11.4. The van der Waals surface area contributed by atoms with Gasteiger partial charge in [0.15, 0.2) is 15.8 Å². The molecule has 0 spiro atoms. The molecule has 0 saturated carbocycles. The smallest absolute Gasteiger partial charge is 0.193 e. The molecule has 2 saturated heterocycles. The van der Waals surface area contributed by atoms with Crippen molar-refractivity contribution in [1.29, 1.82) is 0 Å². The van der Waals surface area contributed by atoms with Crippen molar-refractivity contribution in [3.8, 4) is 0 Å². The summed E-state index contributed by atoms with van der Waals surface area (Å²) in [5, 5.41) is 3.44. The number of hydrogen-bond donors (Lipinski definition) is 1. The Balaban J connectivity index is 1.79. The molecular formula is C17H34N4O2S. The number of hydrogen-bond acceptors (Lipinski definition) is 4. The molecule has 24 heavy (non-hydrogen) atoms. The Morgan fingerprint density at radius 2 is 1.92 bits per heavy atom. The quantitative estimate of drug-likeness (QED) is 0.604. The number of likely N-dealkylation sites (tertiary alicyclic amines) is 1. The van der Waals surface area contributed by atoms with Gasteiger partial charge in [-0.25, -0.2) is 8.42 Å². The number of nitrogens with zero attached hydrogens (tertiary/aromatic N) is 3.